The smallest absolute Gasteiger partial charge is 0.164 e. The van der Waals surface area contributed by atoms with Crippen LogP contribution in [0.2, 0.25) is 0 Å². The summed E-state index contributed by atoms with van der Waals surface area (Å²) < 4.78 is 0. The summed E-state index contributed by atoms with van der Waals surface area (Å²) >= 11 is 0. The van der Waals surface area contributed by atoms with Gasteiger partial charge in [0.05, 0.1) is 0 Å². The molecule has 0 saturated carbocycles. The van der Waals surface area contributed by atoms with Crippen molar-refractivity contribution in [3.8, 4) is 0 Å². The van der Waals surface area contributed by atoms with Crippen molar-refractivity contribution >= 4 is 0 Å². The van der Waals surface area contributed by atoms with E-state index in [1.54, 1.807) is 6.92 Å². The molecule has 0 spiro atoms. The molecule has 118 valence electrons. The standard InChI is InChI=1S/C9H20O2.C6H14O2/c1-4-6-7-8(3)9(10,11)5-2;1-2-3-4-5-6(7)8/h8,10-11H,4-7H2,1-3H3;6-8H,2-5H2,1H3. The lowest BCUT2D eigenvalue weighted by atomic mass is 9.93. The first-order valence-corrected chi connectivity index (χ1v) is 7.62. The number of hydrogen-bond acceptors (Lipinski definition) is 4. The Labute approximate surface area is 118 Å². The van der Waals surface area contributed by atoms with E-state index in [0.29, 0.717) is 12.8 Å². The second-order valence-electron chi connectivity index (χ2n) is 5.25. The number of aliphatic hydroxyl groups is 4. The van der Waals surface area contributed by atoms with E-state index in [2.05, 4.69) is 13.8 Å². The minimum Gasteiger partial charge on any atom is -0.368 e. The topological polar surface area (TPSA) is 80.9 Å². The fourth-order valence-electron chi connectivity index (χ4n) is 1.67. The molecule has 4 N–H and O–H groups in total. The van der Waals surface area contributed by atoms with Gasteiger partial charge in [0, 0.05) is 5.92 Å². The lowest BCUT2D eigenvalue weighted by Crippen LogP contribution is -2.35. The van der Waals surface area contributed by atoms with E-state index in [1.165, 1.54) is 0 Å². The Kier molecular flexibility index (Phi) is 14.3. The SMILES string of the molecule is CCCCC(C)C(O)(O)CC.CCCCCC(O)O. The van der Waals surface area contributed by atoms with Crippen LogP contribution in [0, 0.1) is 5.92 Å². The summed E-state index contributed by atoms with van der Waals surface area (Å²) in [4.78, 5) is 0. The van der Waals surface area contributed by atoms with Crippen molar-refractivity contribution in [1.82, 2.24) is 0 Å². The highest BCUT2D eigenvalue weighted by Crippen LogP contribution is 2.22. The quantitative estimate of drug-likeness (QED) is 0.386. The van der Waals surface area contributed by atoms with Gasteiger partial charge in [-0.2, -0.15) is 0 Å². The summed E-state index contributed by atoms with van der Waals surface area (Å²) in [5.74, 6) is -1.46. The molecule has 0 aromatic heterocycles. The van der Waals surface area contributed by atoms with Crippen LogP contribution in [-0.2, 0) is 0 Å². The van der Waals surface area contributed by atoms with Crippen LogP contribution in [0.15, 0.2) is 0 Å². The molecule has 0 amide bonds. The van der Waals surface area contributed by atoms with Crippen LogP contribution in [0.25, 0.3) is 0 Å². The molecule has 0 saturated heterocycles. The molecule has 0 fully saturated rings. The number of rotatable bonds is 9. The van der Waals surface area contributed by atoms with Gasteiger partial charge in [-0.1, -0.05) is 53.4 Å². The van der Waals surface area contributed by atoms with Crippen molar-refractivity contribution < 1.29 is 20.4 Å². The van der Waals surface area contributed by atoms with E-state index in [-0.39, 0.29) is 5.92 Å². The molecule has 19 heavy (non-hydrogen) atoms. The molecule has 0 radical (unpaired) electrons. The van der Waals surface area contributed by atoms with Crippen LogP contribution in [-0.4, -0.2) is 32.5 Å². The number of hydrogen-bond donors (Lipinski definition) is 4. The maximum atomic E-state index is 9.37. The van der Waals surface area contributed by atoms with Crippen LogP contribution in [0.5, 0.6) is 0 Å². The molecule has 0 rings (SSSR count). The Morgan fingerprint density at radius 1 is 0.842 bits per heavy atom. The molecule has 0 aliphatic rings. The van der Waals surface area contributed by atoms with Crippen LogP contribution >= 0.6 is 0 Å². The van der Waals surface area contributed by atoms with Crippen molar-refractivity contribution in [2.75, 3.05) is 0 Å². The van der Waals surface area contributed by atoms with Gasteiger partial charge in [-0.05, 0) is 25.7 Å². The highest BCUT2D eigenvalue weighted by molar-refractivity contribution is 4.69. The molecule has 0 aromatic rings. The van der Waals surface area contributed by atoms with E-state index in [1.807, 2.05) is 6.92 Å². The second kappa shape index (κ2) is 12.9. The Bertz CT molecular complexity index is 181. The molecule has 0 aliphatic carbocycles. The van der Waals surface area contributed by atoms with Crippen molar-refractivity contribution in [3.05, 3.63) is 0 Å². The third-order valence-corrected chi connectivity index (χ3v) is 3.37. The summed E-state index contributed by atoms with van der Waals surface area (Å²) in [7, 11) is 0. The maximum Gasteiger partial charge on any atom is 0.164 e. The van der Waals surface area contributed by atoms with Gasteiger partial charge in [0.2, 0.25) is 0 Å². The van der Waals surface area contributed by atoms with Crippen LogP contribution in [0.4, 0.5) is 0 Å². The van der Waals surface area contributed by atoms with Gasteiger partial charge in [-0.25, -0.2) is 0 Å². The average molecular weight is 278 g/mol. The fourth-order valence-corrected chi connectivity index (χ4v) is 1.67. The zero-order valence-corrected chi connectivity index (χ0v) is 13.1. The van der Waals surface area contributed by atoms with Gasteiger partial charge in [-0.3, -0.25) is 0 Å². The Balaban J connectivity index is 0. The summed E-state index contributed by atoms with van der Waals surface area (Å²) in [5, 5.41) is 35.4. The van der Waals surface area contributed by atoms with Crippen molar-refractivity contribution in [2.45, 2.75) is 91.1 Å². The van der Waals surface area contributed by atoms with E-state index in [0.717, 1.165) is 38.5 Å². The molecule has 0 bridgehead atoms. The van der Waals surface area contributed by atoms with Crippen LogP contribution in [0.1, 0.15) is 79.1 Å². The minimum absolute atomic E-state index is 0.00699. The molecule has 1 unspecified atom stereocenters. The Hall–Kier alpha value is -0.160. The lowest BCUT2D eigenvalue weighted by molar-refractivity contribution is -0.199. The van der Waals surface area contributed by atoms with Gasteiger partial charge < -0.3 is 20.4 Å². The third-order valence-electron chi connectivity index (χ3n) is 3.37. The monoisotopic (exact) mass is 278 g/mol. The van der Waals surface area contributed by atoms with Gasteiger partial charge in [0.1, 0.15) is 0 Å². The molecule has 1 atom stereocenters. The van der Waals surface area contributed by atoms with E-state index in [9.17, 15) is 10.2 Å². The maximum absolute atomic E-state index is 9.37. The molecule has 0 aliphatic heterocycles. The largest absolute Gasteiger partial charge is 0.368 e. The van der Waals surface area contributed by atoms with Crippen molar-refractivity contribution in [1.29, 1.82) is 0 Å². The third kappa shape index (κ3) is 14.1. The molecule has 0 heterocycles. The number of aliphatic hydroxyl groups excluding tert-OH is 1. The van der Waals surface area contributed by atoms with Crippen molar-refractivity contribution in [2.24, 2.45) is 5.92 Å². The summed E-state index contributed by atoms with van der Waals surface area (Å²) in [6, 6.07) is 0. The van der Waals surface area contributed by atoms with Crippen LogP contribution in [0.3, 0.4) is 0 Å². The van der Waals surface area contributed by atoms with E-state index >= 15 is 0 Å². The summed E-state index contributed by atoms with van der Waals surface area (Å²) in [6.07, 6.45) is 6.08. The minimum atomic E-state index is -1.45. The first-order chi connectivity index (χ1) is 8.81. The summed E-state index contributed by atoms with van der Waals surface area (Å²) in [5.41, 5.74) is 0. The van der Waals surface area contributed by atoms with Crippen LogP contribution < -0.4 is 0 Å². The molecular formula is C15H34O4. The lowest BCUT2D eigenvalue weighted by Gasteiger charge is -2.27. The fraction of sp³-hybridized carbons (Fsp3) is 1.00. The van der Waals surface area contributed by atoms with E-state index in [4.69, 9.17) is 10.2 Å². The average Bonchev–Trinajstić information content (AvgIpc) is 2.36. The van der Waals surface area contributed by atoms with Gasteiger partial charge in [0.15, 0.2) is 12.1 Å². The highest BCUT2D eigenvalue weighted by atomic mass is 16.5. The zero-order valence-electron chi connectivity index (χ0n) is 13.1. The molecule has 4 heteroatoms. The Morgan fingerprint density at radius 3 is 1.74 bits per heavy atom. The zero-order chi connectivity index (χ0) is 15.3. The summed E-state index contributed by atoms with van der Waals surface area (Å²) in [6.45, 7) is 7.88. The van der Waals surface area contributed by atoms with Gasteiger partial charge in [0.25, 0.3) is 0 Å². The van der Waals surface area contributed by atoms with Gasteiger partial charge in [-0.15, -0.1) is 0 Å². The first kappa shape index (κ1) is 21.1. The second-order valence-corrected chi connectivity index (χ2v) is 5.25. The van der Waals surface area contributed by atoms with E-state index < -0.39 is 12.1 Å². The molecule has 0 aromatic carbocycles. The molecule has 4 nitrogen and oxygen atoms in total. The molecular weight excluding hydrogens is 244 g/mol. The first-order valence-electron chi connectivity index (χ1n) is 7.62. The Morgan fingerprint density at radius 2 is 1.37 bits per heavy atom. The van der Waals surface area contributed by atoms with Gasteiger partial charge >= 0.3 is 0 Å². The van der Waals surface area contributed by atoms with Crippen molar-refractivity contribution in [3.63, 3.8) is 0 Å². The predicted octanol–water partition coefficient (Wildman–Crippen LogP) is 2.78. The normalized spacial score (nSPS) is 13.1. The number of unbranched alkanes of at least 4 members (excludes halogenated alkanes) is 3. The predicted molar refractivity (Wildman–Crippen MR) is 78.5 cm³/mol. The highest BCUT2D eigenvalue weighted by Gasteiger charge is 2.27.